The van der Waals surface area contributed by atoms with Crippen LogP contribution in [0.2, 0.25) is 0 Å². The highest BCUT2D eigenvalue weighted by Crippen LogP contribution is 2.45. The van der Waals surface area contributed by atoms with Gasteiger partial charge in [0.15, 0.2) is 0 Å². The van der Waals surface area contributed by atoms with Gasteiger partial charge in [0.05, 0.1) is 22.1 Å². The molecule has 11 rings (SSSR count). The first-order valence-corrected chi connectivity index (χ1v) is 18.4. The largest absolute Gasteiger partial charge is 0.456 e. The summed E-state index contributed by atoms with van der Waals surface area (Å²) in [7, 11) is 0. The van der Waals surface area contributed by atoms with E-state index >= 15 is 0 Å². The summed E-state index contributed by atoms with van der Waals surface area (Å²) in [5.41, 5.74) is 11.0. The van der Waals surface area contributed by atoms with Crippen LogP contribution in [0.4, 0.5) is 17.1 Å². The lowest BCUT2D eigenvalue weighted by Crippen LogP contribution is -2.10. The fourth-order valence-electron chi connectivity index (χ4n) is 8.03. The van der Waals surface area contributed by atoms with Crippen LogP contribution in [0.1, 0.15) is 0 Å². The van der Waals surface area contributed by atoms with Gasteiger partial charge in [-0.05, 0) is 83.9 Å². The monoisotopic (exact) mass is 682 g/mol. The Balaban J connectivity index is 1.08. The number of benzene rings is 8. The van der Waals surface area contributed by atoms with Gasteiger partial charge in [0.25, 0.3) is 0 Å². The molecule has 0 fully saturated rings. The topological polar surface area (TPSA) is 21.3 Å². The van der Waals surface area contributed by atoms with Gasteiger partial charge in [-0.3, -0.25) is 0 Å². The SMILES string of the molecule is c1ccc(-n2c3ccccc3c3ccc(-c4ccc(N(c5ccc6c(c5)sc5ccccc56)c5cccc6oc7ccccc7c56)cc4)cc32)cc1. The summed E-state index contributed by atoms with van der Waals surface area (Å²) >= 11 is 1.85. The summed E-state index contributed by atoms with van der Waals surface area (Å²) in [4.78, 5) is 2.38. The third kappa shape index (κ3) is 4.45. The molecule has 3 heterocycles. The Morgan fingerprint density at radius 1 is 0.423 bits per heavy atom. The Morgan fingerprint density at radius 3 is 1.96 bits per heavy atom. The lowest BCUT2D eigenvalue weighted by atomic mass is 10.0. The van der Waals surface area contributed by atoms with Gasteiger partial charge in [0.2, 0.25) is 0 Å². The Morgan fingerprint density at radius 2 is 1.08 bits per heavy atom. The van der Waals surface area contributed by atoms with Crippen LogP contribution < -0.4 is 4.90 Å². The maximum absolute atomic E-state index is 6.37. The maximum atomic E-state index is 6.37. The van der Waals surface area contributed by atoms with Crippen molar-refractivity contribution in [3.63, 3.8) is 0 Å². The predicted octanol–water partition coefficient (Wildman–Crippen LogP) is 14.2. The number of hydrogen-bond acceptors (Lipinski definition) is 3. The summed E-state index contributed by atoms with van der Waals surface area (Å²) in [5, 5.41) is 7.32. The molecule has 0 saturated heterocycles. The van der Waals surface area contributed by atoms with Crippen LogP contribution in [-0.2, 0) is 0 Å². The molecule has 0 atom stereocenters. The Labute approximate surface area is 303 Å². The molecule has 0 aliphatic carbocycles. The molecule has 0 saturated carbocycles. The summed E-state index contributed by atoms with van der Waals surface area (Å²) in [6.07, 6.45) is 0. The van der Waals surface area contributed by atoms with Crippen LogP contribution in [0, 0.1) is 0 Å². The number of thiophene rings is 1. The average Bonchev–Trinajstić information content (AvgIpc) is 3.88. The standard InChI is InChI=1S/C48H30N2OS/c1-2-11-33(12-3-1)50-41-16-7-4-13-36(41)37-27-23-32(29-43(37)50)31-21-24-34(25-22-31)49(35-26-28-39-38-14-6-9-20-46(38)52-47(39)30-35)42-17-10-19-45-48(42)40-15-5-8-18-44(40)51-45/h1-30H. The molecule has 0 amide bonds. The Kier molecular flexibility index (Phi) is 6.42. The molecule has 0 unspecified atom stereocenters. The number of anilines is 3. The third-order valence-electron chi connectivity index (χ3n) is 10.4. The number of aromatic nitrogens is 1. The third-order valence-corrected chi connectivity index (χ3v) is 11.5. The Hall–Kier alpha value is -6.62. The van der Waals surface area contributed by atoms with Gasteiger partial charge in [0, 0.05) is 53.4 Å². The minimum absolute atomic E-state index is 0.880. The smallest absolute Gasteiger partial charge is 0.137 e. The molecule has 0 spiro atoms. The highest BCUT2D eigenvalue weighted by atomic mass is 32.1. The molecule has 0 bridgehead atoms. The number of para-hydroxylation sites is 3. The van der Waals surface area contributed by atoms with Gasteiger partial charge >= 0.3 is 0 Å². The van der Waals surface area contributed by atoms with Crippen LogP contribution >= 0.6 is 11.3 Å². The van der Waals surface area contributed by atoms with E-state index in [2.05, 4.69) is 185 Å². The second kappa shape index (κ2) is 11.5. The molecule has 8 aromatic carbocycles. The van der Waals surface area contributed by atoms with Gasteiger partial charge in [-0.15, -0.1) is 11.3 Å². The van der Waals surface area contributed by atoms with Crippen LogP contribution in [0.5, 0.6) is 0 Å². The van der Waals surface area contributed by atoms with E-state index in [1.165, 1.54) is 53.1 Å². The molecule has 0 radical (unpaired) electrons. The fraction of sp³-hybridized carbons (Fsp3) is 0. The minimum atomic E-state index is 0.880. The highest BCUT2D eigenvalue weighted by molar-refractivity contribution is 7.25. The van der Waals surface area contributed by atoms with Crippen LogP contribution in [0.15, 0.2) is 186 Å². The van der Waals surface area contributed by atoms with Crippen molar-refractivity contribution >= 4 is 92.3 Å². The highest BCUT2D eigenvalue weighted by Gasteiger charge is 2.21. The van der Waals surface area contributed by atoms with Crippen molar-refractivity contribution < 1.29 is 4.42 Å². The average molecular weight is 683 g/mol. The second-order valence-electron chi connectivity index (χ2n) is 13.3. The van der Waals surface area contributed by atoms with Crippen molar-refractivity contribution in [3.8, 4) is 16.8 Å². The zero-order valence-electron chi connectivity index (χ0n) is 28.0. The van der Waals surface area contributed by atoms with Gasteiger partial charge in [0.1, 0.15) is 11.2 Å². The molecular weight excluding hydrogens is 653 g/mol. The fourth-order valence-corrected chi connectivity index (χ4v) is 9.17. The van der Waals surface area contributed by atoms with E-state index in [1.54, 1.807) is 0 Å². The van der Waals surface area contributed by atoms with E-state index in [0.29, 0.717) is 0 Å². The van der Waals surface area contributed by atoms with Gasteiger partial charge in [-0.1, -0.05) is 109 Å². The zero-order valence-corrected chi connectivity index (χ0v) is 28.8. The van der Waals surface area contributed by atoms with Crippen molar-refractivity contribution in [1.82, 2.24) is 4.57 Å². The molecule has 11 aromatic rings. The molecule has 3 aromatic heterocycles. The minimum Gasteiger partial charge on any atom is -0.456 e. The van der Waals surface area contributed by atoms with Crippen LogP contribution in [0.25, 0.3) is 80.7 Å². The van der Waals surface area contributed by atoms with Crippen molar-refractivity contribution in [2.24, 2.45) is 0 Å². The number of hydrogen-bond donors (Lipinski definition) is 0. The molecule has 52 heavy (non-hydrogen) atoms. The first-order chi connectivity index (χ1) is 25.8. The van der Waals surface area contributed by atoms with Crippen LogP contribution in [-0.4, -0.2) is 4.57 Å². The summed E-state index contributed by atoms with van der Waals surface area (Å²) in [5.74, 6) is 0. The number of nitrogens with zero attached hydrogens (tertiary/aromatic N) is 2. The molecule has 0 N–H and O–H groups in total. The van der Waals surface area contributed by atoms with E-state index in [-0.39, 0.29) is 0 Å². The van der Waals surface area contributed by atoms with Crippen molar-refractivity contribution in [1.29, 1.82) is 0 Å². The van der Waals surface area contributed by atoms with Crippen molar-refractivity contribution in [2.75, 3.05) is 4.90 Å². The molecule has 0 aliphatic rings. The summed E-state index contributed by atoms with van der Waals surface area (Å²) in [6.45, 7) is 0. The lowest BCUT2D eigenvalue weighted by molar-refractivity contribution is 0.669. The molecular formula is C48H30N2OS. The molecule has 0 aliphatic heterocycles. The van der Waals surface area contributed by atoms with Crippen molar-refractivity contribution in [3.05, 3.63) is 182 Å². The Bertz CT molecular complexity index is 3130. The van der Waals surface area contributed by atoms with Gasteiger partial charge in [-0.2, -0.15) is 0 Å². The van der Waals surface area contributed by atoms with E-state index in [4.69, 9.17) is 4.42 Å². The van der Waals surface area contributed by atoms with Gasteiger partial charge < -0.3 is 13.9 Å². The van der Waals surface area contributed by atoms with E-state index < -0.39 is 0 Å². The first kappa shape index (κ1) is 29.1. The molecule has 3 nitrogen and oxygen atoms in total. The number of fused-ring (bicyclic) bond motifs is 9. The summed E-state index contributed by atoms with van der Waals surface area (Å²) in [6, 6.07) is 65.5. The first-order valence-electron chi connectivity index (χ1n) is 17.6. The molecule has 4 heteroatoms. The van der Waals surface area contributed by atoms with Crippen LogP contribution in [0.3, 0.4) is 0 Å². The normalized spacial score (nSPS) is 11.8. The van der Waals surface area contributed by atoms with E-state index in [0.717, 1.165) is 44.7 Å². The predicted molar refractivity (Wildman–Crippen MR) is 221 cm³/mol. The van der Waals surface area contributed by atoms with E-state index in [1.807, 2.05) is 17.4 Å². The van der Waals surface area contributed by atoms with E-state index in [9.17, 15) is 0 Å². The lowest BCUT2D eigenvalue weighted by Gasteiger charge is -2.26. The zero-order chi connectivity index (χ0) is 34.2. The quantitative estimate of drug-likeness (QED) is 0.180. The van der Waals surface area contributed by atoms with Crippen molar-refractivity contribution in [2.45, 2.75) is 0 Å². The summed E-state index contributed by atoms with van der Waals surface area (Å²) < 4.78 is 11.3. The maximum Gasteiger partial charge on any atom is 0.137 e. The second-order valence-corrected chi connectivity index (χ2v) is 14.4. The van der Waals surface area contributed by atoms with Gasteiger partial charge in [-0.25, -0.2) is 0 Å². The number of rotatable bonds is 5. The number of furan rings is 1. The molecule has 244 valence electrons.